The molecule has 1 N–H and O–H groups in total. The average molecular weight is 224 g/mol. The van der Waals surface area contributed by atoms with Gasteiger partial charge < -0.3 is 14.5 Å². The number of aromatic nitrogens is 1. The van der Waals surface area contributed by atoms with Crippen molar-refractivity contribution in [3.63, 3.8) is 0 Å². The van der Waals surface area contributed by atoms with Gasteiger partial charge >= 0.3 is 0 Å². The summed E-state index contributed by atoms with van der Waals surface area (Å²) in [7, 11) is 0. The lowest BCUT2D eigenvalue weighted by Gasteiger charge is -2.22. The lowest BCUT2D eigenvalue weighted by molar-refractivity contribution is 0.0675. The molecule has 1 saturated heterocycles. The molecule has 1 unspecified atom stereocenters. The molecular weight excluding hydrogens is 208 g/mol. The third-order valence-corrected chi connectivity index (χ3v) is 3.10. The van der Waals surface area contributed by atoms with E-state index in [2.05, 4.69) is 5.16 Å². The maximum Gasteiger partial charge on any atom is 0.259 e. The van der Waals surface area contributed by atoms with E-state index in [9.17, 15) is 9.90 Å². The zero-order valence-electron chi connectivity index (χ0n) is 9.56. The Bertz CT molecular complexity index is 380. The van der Waals surface area contributed by atoms with Crippen molar-refractivity contribution in [3.05, 3.63) is 17.0 Å². The highest BCUT2D eigenvalue weighted by atomic mass is 16.5. The Kier molecular flexibility index (Phi) is 2.96. The molecule has 1 amide bonds. The molecule has 1 aromatic heterocycles. The predicted molar refractivity (Wildman–Crippen MR) is 57.1 cm³/mol. The number of carbonyl (C=O) groups is 1. The molecule has 1 fully saturated rings. The molecule has 0 bridgehead atoms. The van der Waals surface area contributed by atoms with E-state index in [0.717, 1.165) is 12.8 Å². The first-order chi connectivity index (χ1) is 7.65. The van der Waals surface area contributed by atoms with Crippen LogP contribution in [0.1, 0.15) is 34.7 Å². The fraction of sp³-hybridized carbons (Fsp3) is 0.636. The molecule has 2 heterocycles. The van der Waals surface area contributed by atoms with Gasteiger partial charge in [-0.25, -0.2) is 0 Å². The maximum absolute atomic E-state index is 12.2. The SMILES string of the molecule is Cc1noc(C)c1C(=O)N1CCCC1CO. The van der Waals surface area contributed by atoms with Crippen LogP contribution in [0.15, 0.2) is 4.52 Å². The second-order valence-corrected chi connectivity index (χ2v) is 4.18. The normalized spacial score (nSPS) is 20.4. The number of aliphatic hydroxyl groups excluding tert-OH is 1. The van der Waals surface area contributed by atoms with Gasteiger partial charge in [0.05, 0.1) is 18.3 Å². The van der Waals surface area contributed by atoms with Gasteiger partial charge in [0.25, 0.3) is 5.91 Å². The number of hydrogen-bond donors (Lipinski definition) is 1. The van der Waals surface area contributed by atoms with Crippen LogP contribution in [0.2, 0.25) is 0 Å². The van der Waals surface area contributed by atoms with Gasteiger partial charge in [-0.2, -0.15) is 0 Å². The average Bonchev–Trinajstić information content (AvgIpc) is 2.85. The summed E-state index contributed by atoms with van der Waals surface area (Å²) in [5.74, 6) is 0.471. The third kappa shape index (κ3) is 1.71. The van der Waals surface area contributed by atoms with Crippen LogP contribution in [0.4, 0.5) is 0 Å². The fourth-order valence-electron chi connectivity index (χ4n) is 2.22. The first kappa shape index (κ1) is 11.1. The minimum atomic E-state index is -0.0761. The van der Waals surface area contributed by atoms with E-state index in [4.69, 9.17) is 4.52 Å². The molecule has 2 rings (SSSR count). The molecule has 1 aromatic rings. The molecule has 0 saturated carbocycles. The summed E-state index contributed by atoms with van der Waals surface area (Å²) in [4.78, 5) is 13.9. The standard InChI is InChI=1S/C11H16N2O3/c1-7-10(8(2)16-12-7)11(15)13-5-3-4-9(13)6-14/h9,14H,3-6H2,1-2H3. The number of rotatable bonds is 2. The maximum atomic E-state index is 12.2. The Hall–Kier alpha value is -1.36. The highest BCUT2D eigenvalue weighted by molar-refractivity contribution is 5.96. The zero-order valence-corrected chi connectivity index (χ0v) is 9.56. The Morgan fingerprint density at radius 2 is 2.38 bits per heavy atom. The molecule has 88 valence electrons. The van der Waals surface area contributed by atoms with E-state index in [1.807, 2.05) is 0 Å². The molecule has 5 nitrogen and oxygen atoms in total. The molecule has 1 atom stereocenters. The number of likely N-dealkylation sites (tertiary alicyclic amines) is 1. The van der Waals surface area contributed by atoms with E-state index in [-0.39, 0.29) is 18.6 Å². The van der Waals surface area contributed by atoms with E-state index in [0.29, 0.717) is 23.6 Å². The largest absolute Gasteiger partial charge is 0.394 e. The summed E-state index contributed by atoms with van der Waals surface area (Å²) in [6, 6.07) is -0.0544. The minimum absolute atomic E-state index is 0.0229. The van der Waals surface area contributed by atoms with Crippen molar-refractivity contribution in [3.8, 4) is 0 Å². The molecule has 0 spiro atoms. The summed E-state index contributed by atoms with van der Waals surface area (Å²) in [6.45, 7) is 4.22. The molecule has 5 heteroatoms. The number of carbonyl (C=O) groups excluding carboxylic acids is 1. The van der Waals surface area contributed by atoms with Crippen molar-refractivity contribution < 1.29 is 14.4 Å². The topological polar surface area (TPSA) is 66.6 Å². The van der Waals surface area contributed by atoms with Crippen LogP contribution >= 0.6 is 0 Å². The molecule has 16 heavy (non-hydrogen) atoms. The summed E-state index contributed by atoms with van der Waals surface area (Å²) in [5, 5.41) is 13.0. The number of hydrogen-bond acceptors (Lipinski definition) is 4. The molecule has 1 aliphatic heterocycles. The first-order valence-electron chi connectivity index (χ1n) is 5.50. The molecule has 1 aliphatic rings. The lowest BCUT2D eigenvalue weighted by Crippen LogP contribution is -2.38. The summed E-state index contributed by atoms with van der Waals surface area (Å²) >= 11 is 0. The molecule has 0 aromatic carbocycles. The third-order valence-electron chi connectivity index (χ3n) is 3.10. The van der Waals surface area contributed by atoms with Crippen LogP contribution in [0, 0.1) is 13.8 Å². The van der Waals surface area contributed by atoms with Crippen molar-refractivity contribution in [2.75, 3.05) is 13.2 Å². The van der Waals surface area contributed by atoms with Gasteiger partial charge in [0.1, 0.15) is 11.3 Å². The van der Waals surface area contributed by atoms with Gasteiger partial charge in [-0.05, 0) is 26.7 Å². The highest BCUT2D eigenvalue weighted by Crippen LogP contribution is 2.22. The van der Waals surface area contributed by atoms with E-state index in [1.165, 1.54) is 0 Å². The van der Waals surface area contributed by atoms with Gasteiger partial charge in [-0.15, -0.1) is 0 Å². The second-order valence-electron chi connectivity index (χ2n) is 4.18. The lowest BCUT2D eigenvalue weighted by atomic mass is 10.1. The number of aryl methyl sites for hydroxylation is 2. The van der Waals surface area contributed by atoms with Crippen LogP contribution in [-0.2, 0) is 0 Å². The number of amides is 1. The molecule has 0 aliphatic carbocycles. The Labute approximate surface area is 94.0 Å². The van der Waals surface area contributed by atoms with E-state index >= 15 is 0 Å². The summed E-state index contributed by atoms with van der Waals surface area (Å²) < 4.78 is 4.98. The van der Waals surface area contributed by atoms with Gasteiger partial charge in [-0.1, -0.05) is 5.16 Å². The smallest absolute Gasteiger partial charge is 0.259 e. The molecule has 0 radical (unpaired) electrons. The molecular formula is C11H16N2O3. The van der Waals surface area contributed by atoms with Crippen molar-refractivity contribution in [2.24, 2.45) is 0 Å². The van der Waals surface area contributed by atoms with Crippen LogP contribution in [-0.4, -0.2) is 40.3 Å². The number of nitrogens with zero attached hydrogens (tertiary/aromatic N) is 2. The van der Waals surface area contributed by atoms with Crippen LogP contribution in [0.25, 0.3) is 0 Å². The number of aliphatic hydroxyl groups is 1. The van der Waals surface area contributed by atoms with Crippen LogP contribution in [0.5, 0.6) is 0 Å². The summed E-state index contributed by atoms with van der Waals surface area (Å²) in [5.41, 5.74) is 1.16. The van der Waals surface area contributed by atoms with Crippen molar-refractivity contribution in [1.29, 1.82) is 0 Å². The Balaban J connectivity index is 2.25. The van der Waals surface area contributed by atoms with Crippen molar-refractivity contribution >= 4 is 5.91 Å². The van der Waals surface area contributed by atoms with Crippen LogP contribution < -0.4 is 0 Å². The highest BCUT2D eigenvalue weighted by Gasteiger charge is 2.31. The Morgan fingerprint density at radius 3 is 2.94 bits per heavy atom. The summed E-state index contributed by atoms with van der Waals surface area (Å²) in [6.07, 6.45) is 1.81. The second kappa shape index (κ2) is 4.25. The van der Waals surface area contributed by atoms with Gasteiger partial charge in [0, 0.05) is 6.54 Å². The van der Waals surface area contributed by atoms with Gasteiger partial charge in [0.15, 0.2) is 0 Å². The van der Waals surface area contributed by atoms with E-state index < -0.39 is 0 Å². The van der Waals surface area contributed by atoms with E-state index in [1.54, 1.807) is 18.7 Å². The quantitative estimate of drug-likeness (QED) is 0.810. The van der Waals surface area contributed by atoms with Gasteiger partial charge in [-0.3, -0.25) is 4.79 Å². The van der Waals surface area contributed by atoms with Crippen LogP contribution in [0.3, 0.4) is 0 Å². The minimum Gasteiger partial charge on any atom is -0.394 e. The monoisotopic (exact) mass is 224 g/mol. The predicted octanol–water partition coefficient (Wildman–Crippen LogP) is 0.888. The Morgan fingerprint density at radius 1 is 1.62 bits per heavy atom. The fourth-order valence-corrected chi connectivity index (χ4v) is 2.22. The van der Waals surface area contributed by atoms with Gasteiger partial charge in [0.2, 0.25) is 0 Å². The van der Waals surface area contributed by atoms with Crippen molar-refractivity contribution in [1.82, 2.24) is 10.1 Å². The zero-order chi connectivity index (χ0) is 11.7. The van der Waals surface area contributed by atoms with Crippen molar-refractivity contribution in [2.45, 2.75) is 32.7 Å². The first-order valence-corrected chi connectivity index (χ1v) is 5.50.